The summed E-state index contributed by atoms with van der Waals surface area (Å²) in [5, 5.41) is 0.0674. The summed E-state index contributed by atoms with van der Waals surface area (Å²) in [5.74, 6) is 10.5. The average molecular weight is 320 g/mol. The molecule has 0 bridgehead atoms. The summed E-state index contributed by atoms with van der Waals surface area (Å²) >= 11 is 12.8. The highest BCUT2D eigenvalue weighted by Gasteiger charge is 2.15. The summed E-state index contributed by atoms with van der Waals surface area (Å²) in [4.78, 5) is 5.30. The molecular weight excluding hydrogens is 306 g/mol. The maximum Gasteiger partial charge on any atom is 0.152 e. The Labute approximate surface area is 125 Å². The first-order valence-electron chi connectivity index (χ1n) is 4.89. The predicted octanol–water partition coefficient (Wildman–Crippen LogP) is 1.46. The lowest BCUT2D eigenvalue weighted by molar-refractivity contribution is 0.960. The Morgan fingerprint density at radius 2 is 2.00 bits per heavy atom. The van der Waals surface area contributed by atoms with Gasteiger partial charge >= 0.3 is 0 Å². The van der Waals surface area contributed by atoms with E-state index in [-0.39, 0.29) is 5.25 Å². The normalized spacial score (nSPS) is 11.7. The molecule has 5 nitrogen and oxygen atoms in total. The molecule has 0 spiro atoms. The third-order valence-electron chi connectivity index (χ3n) is 1.91. The lowest BCUT2D eigenvalue weighted by atomic mass is 10.3. The molecule has 0 fully saturated rings. The van der Waals surface area contributed by atoms with Crippen LogP contribution in [0.3, 0.4) is 0 Å². The average Bonchev–Trinajstić information content (AvgIpc) is 2.38. The monoisotopic (exact) mass is 319 g/mol. The fourth-order valence-corrected chi connectivity index (χ4v) is 3.38. The fraction of sp³-hybridized carbons (Fsp3) is 0.222. The van der Waals surface area contributed by atoms with Gasteiger partial charge in [-0.1, -0.05) is 48.0 Å². The third-order valence-corrected chi connectivity index (χ3v) is 4.46. The smallest absolute Gasteiger partial charge is 0.152 e. The second-order valence-corrected chi connectivity index (χ2v) is 6.85. The van der Waals surface area contributed by atoms with Crippen molar-refractivity contribution in [2.75, 3.05) is 0 Å². The largest absolute Gasteiger partial charge is 0.309 e. The Hall–Kier alpha value is -0.450. The van der Waals surface area contributed by atoms with Crippen molar-refractivity contribution in [3.8, 4) is 0 Å². The van der Waals surface area contributed by atoms with E-state index in [1.165, 1.54) is 23.5 Å². The minimum absolute atomic E-state index is 0.0674. The Kier molecular flexibility index (Phi) is 6.82. The Morgan fingerprint density at radius 3 is 2.61 bits per heavy atom. The van der Waals surface area contributed by atoms with Crippen LogP contribution in [0, 0.1) is 0 Å². The molecule has 0 saturated carbocycles. The summed E-state index contributed by atoms with van der Waals surface area (Å²) in [6, 6.07) is 3.79. The Bertz CT molecular complexity index is 439. The van der Waals surface area contributed by atoms with Gasteiger partial charge in [-0.3, -0.25) is 4.98 Å². The summed E-state index contributed by atoms with van der Waals surface area (Å²) < 4.78 is 1.00. The van der Waals surface area contributed by atoms with Crippen LogP contribution in [-0.2, 0) is 0 Å². The quantitative estimate of drug-likeness (QED) is 0.286. The van der Waals surface area contributed by atoms with E-state index in [0.29, 0.717) is 8.64 Å². The van der Waals surface area contributed by atoms with Crippen LogP contribution in [0.5, 0.6) is 0 Å². The molecule has 1 heterocycles. The highest BCUT2D eigenvalue weighted by Crippen LogP contribution is 2.34. The van der Waals surface area contributed by atoms with Crippen molar-refractivity contribution in [1.29, 1.82) is 0 Å². The zero-order valence-electron chi connectivity index (χ0n) is 9.54. The van der Waals surface area contributed by atoms with Crippen molar-refractivity contribution >= 4 is 56.6 Å². The zero-order valence-corrected chi connectivity index (χ0v) is 12.8. The molecule has 0 radical (unpaired) electrons. The van der Waals surface area contributed by atoms with Gasteiger partial charge in [0.2, 0.25) is 0 Å². The molecule has 1 atom stereocenters. The number of thioether (sulfide) groups is 2. The SMILES string of the molecule is CC(SC(=S)NN)c1ncccc1SC(=S)NN. The number of hydrogen-bond acceptors (Lipinski definition) is 7. The maximum atomic E-state index is 5.26. The van der Waals surface area contributed by atoms with Crippen molar-refractivity contribution in [3.05, 3.63) is 24.0 Å². The van der Waals surface area contributed by atoms with Crippen LogP contribution in [0.4, 0.5) is 0 Å². The van der Waals surface area contributed by atoms with Gasteiger partial charge in [0.05, 0.1) is 10.9 Å². The molecule has 1 aromatic rings. The number of nitrogens with two attached hydrogens (primary N) is 2. The van der Waals surface area contributed by atoms with Gasteiger partial charge < -0.3 is 10.9 Å². The first-order valence-corrected chi connectivity index (χ1v) is 7.40. The van der Waals surface area contributed by atoms with Gasteiger partial charge in [0, 0.05) is 11.1 Å². The molecule has 1 unspecified atom stereocenters. The number of thiocarbonyl (C=S) groups is 2. The van der Waals surface area contributed by atoms with Gasteiger partial charge in [0.25, 0.3) is 0 Å². The molecule has 0 aliphatic rings. The second-order valence-electron chi connectivity index (χ2n) is 3.11. The summed E-state index contributed by atoms with van der Waals surface area (Å²) in [6.45, 7) is 2.00. The molecule has 1 aromatic heterocycles. The first-order chi connectivity index (χ1) is 8.58. The second kappa shape index (κ2) is 7.87. The predicted molar refractivity (Wildman–Crippen MR) is 85.9 cm³/mol. The van der Waals surface area contributed by atoms with Crippen LogP contribution >= 0.6 is 48.0 Å². The molecule has 0 saturated heterocycles. The van der Waals surface area contributed by atoms with E-state index < -0.39 is 0 Å². The van der Waals surface area contributed by atoms with Crippen LogP contribution in [0.2, 0.25) is 0 Å². The van der Waals surface area contributed by atoms with E-state index in [9.17, 15) is 0 Å². The van der Waals surface area contributed by atoms with E-state index in [1.54, 1.807) is 6.20 Å². The van der Waals surface area contributed by atoms with Gasteiger partial charge in [-0.05, 0) is 19.1 Å². The standard InChI is InChI=1S/C9H13N5S4/c1-5(17-8(15)13-10)7-6(3-2-4-12-7)18-9(16)14-11/h2-5H,10-11H2,1H3,(H,13,15)(H,14,16). The van der Waals surface area contributed by atoms with Crippen LogP contribution in [0.25, 0.3) is 0 Å². The van der Waals surface area contributed by atoms with Crippen molar-refractivity contribution < 1.29 is 0 Å². The van der Waals surface area contributed by atoms with Crippen molar-refractivity contribution in [3.63, 3.8) is 0 Å². The number of hydrazine groups is 2. The van der Waals surface area contributed by atoms with E-state index >= 15 is 0 Å². The van der Waals surface area contributed by atoms with E-state index in [0.717, 1.165) is 10.6 Å². The molecule has 1 rings (SSSR count). The summed E-state index contributed by atoms with van der Waals surface area (Å²) in [6.07, 6.45) is 1.73. The van der Waals surface area contributed by atoms with E-state index in [2.05, 4.69) is 15.8 Å². The number of nitrogens with one attached hydrogen (secondary N) is 2. The van der Waals surface area contributed by atoms with Crippen LogP contribution in [0.1, 0.15) is 17.9 Å². The lowest BCUT2D eigenvalue weighted by Crippen LogP contribution is -2.26. The molecule has 18 heavy (non-hydrogen) atoms. The number of nitrogens with zero attached hydrogens (tertiary/aromatic N) is 1. The highest BCUT2D eigenvalue weighted by molar-refractivity contribution is 8.23. The number of rotatable bonds is 3. The number of hydrogen-bond donors (Lipinski definition) is 4. The van der Waals surface area contributed by atoms with Gasteiger partial charge in [0.1, 0.15) is 4.32 Å². The summed E-state index contributed by atoms with van der Waals surface area (Å²) in [7, 11) is 0. The number of pyridine rings is 1. The van der Waals surface area contributed by atoms with Gasteiger partial charge in [-0.2, -0.15) is 0 Å². The molecule has 0 aliphatic carbocycles. The molecule has 0 aromatic carbocycles. The van der Waals surface area contributed by atoms with Crippen LogP contribution < -0.4 is 22.5 Å². The van der Waals surface area contributed by atoms with Gasteiger partial charge in [0.15, 0.2) is 4.32 Å². The fourth-order valence-electron chi connectivity index (χ4n) is 1.17. The minimum atomic E-state index is 0.0674. The Morgan fingerprint density at radius 1 is 1.33 bits per heavy atom. The van der Waals surface area contributed by atoms with Crippen LogP contribution in [0.15, 0.2) is 23.2 Å². The third kappa shape index (κ3) is 4.67. The lowest BCUT2D eigenvalue weighted by Gasteiger charge is -2.14. The van der Waals surface area contributed by atoms with Crippen molar-refractivity contribution in [2.45, 2.75) is 17.1 Å². The molecule has 9 heteroatoms. The van der Waals surface area contributed by atoms with E-state index in [4.69, 9.17) is 36.1 Å². The zero-order chi connectivity index (χ0) is 13.5. The summed E-state index contributed by atoms with van der Waals surface area (Å²) in [5.41, 5.74) is 5.76. The molecule has 0 aliphatic heterocycles. The van der Waals surface area contributed by atoms with Crippen LogP contribution in [-0.4, -0.2) is 13.6 Å². The topological polar surface area (TPSA) is 89.0 Å². The van der Waals surface area contributed by atoms with E-state index in [1.807, 2.05) is 19.1 Å². The van der Waals surface area contributed by atoms with Crippen molar-refractivity contribution in [2.24, 2.45) is 11.7 Å². The minimum Gasteiger partial charge on any atom is -0.309 e. The first kappa shape index (κ1) is 15.6. The maximum absolute atomic E-state index is 5.26. The van der Waals surface area contributed by atoms with Gasteiger partial charge in [-0.25, -0.2) is 11.7 Å². The molecule has 6 N–H and O–H groups in total. The molecular formula is C9H13N5S4. The molecule has 98 valence electrons. The highest BCUT2D eigenvalue weighted by atomic mass is 32.2. The molecule has 0 amide bonds. The van der Waals surface area contributed by atoms with Gasteiger partial charge in [-0.15, -0.1) is 0 Å². The van der Waals surface area contributed by atoms with Crippen molar-refractivity contribution in [1.82, 2.24) is 15.8 Å². The Balaban J connectivity index is 2.87. The number of aromatic nitrogens is 1.